The van der Waals surface area contributed by atoms with Gasteiger partial charge in [0.15, 0.2) is 0 Å². The minimum absolute atomic E-state index is 0.284. The maximum absolute atomic E-state index is 12.1. The van der Waals surface area contributed by atoms with Crippen molar-refractivity contribution in [1.29, 1.82) is 0 Å². The third kappa shape index (κ3) is 3.06. The molecule has 0 aliphatic heterocycles. The van der Waals surface area contributed by atoms with Crippen molar-refractivity contribution in [3.05, 3.63) is 66.0 Å². The van der Waals surface area contributed by atoms with E-state index in [1.165, 1.54) is 6.33 Å². The average molecular weight is 300 g/mol. The Kier molecular flexibility index (Phi) is 3.61. The molecule has 7 heteroatoms. The first-order valence-corrected chi connectivity index (χ1v) is 6.47. The first-order valence-electron chi connectivity index (χ1n) is 6.10. The van der Waals surface area contributed by atoms with Crippen molar-refractivity contribution in [2.75, 3.05) is 5.32 Å². The van der Waals surface area contributed by atoms with Gasteiger partial charge in [0.1, 0.15) is 24.3 Å². The Labute approximate surface area is 125 Å². The number of carbonyl (C=O) groups excluding carboxylic acids is 1. The Bertz CT molecular complexity index is 773. The fraction of sp³-hybridized carbons (Fsp3) is 0. The average Bonchev–Trinajstić information content (AvgIpc) is 3.02. The lowest BCUT2D eigenvalue weighted by Gasteiger charge is -2.06. The molecule has 2 aromatic heterocycles. The van der Waals surface area contributed by atoms with Crippen LogP contribution in [0, 0.1) is 0 Å². The van der Waals surface area contributed by atoms with Crippen LogP contribution in [0.25, 0.3) is 5.82 Å². The van der Waals surface area contributed by atoms with Crippen molar-refractivity contribution in [2.24, 2.45) is 0 Å². The van der Waals surface area contributed by atoms with Crippen LogP contribution in [0.1, 0.15) is 10.4 Å². The van der Waals surface area contributed by atoms with Crippen LogP contribution >= 0.6 is 11.6 Å². The lowest BCUT2D eigenvalue weighted by molar-refractivity contribution is 0.102. The molecule has 2 heterocycles. The second-order valence-electron chi connectivity index (χ2n) is 4.20. The first-order chi connectivity index (χ1) is 10.2. The SMILES string of the molecule is O=C(Nc1cc(-n2ccnc2)ncn1)c1cccc(Cl)c1. The summed E-state index contributed by atoms with van der Waals surface area (Å²) < 4.78 is 1.72. The van der Waals surface area contributed by atoms with Crippen LogP contribution in [0.4, 0.5) is 5.82 Å². The predicted octanol–water partition coefficient (Wildman–Crippen LogP) is 2.57. The second kappa shape index (κ2) is 5.72. The standard InChI is InChI=1S/C14H10ClN5O/c15-11-3-1-2-10(6-11)14(21)19-12-7-13(18-8-17-12)20-5-4-16-9-20/h1-9H,(H,17,18,19,21). The molecule has 0 aliphatic rings. The molecule has 1 aromatic carbocycles. The molecule has 0 saturated carbocycles. The van der Waals surface area contributed by atoms with Gasteiger partial charge in [0.05, 0.1) is 0 Å². The van der Waals surface area contributed by atoms with Crippen LogP contribution < -0.4 is 5.32 Å². The van der Waals surface area contributed by atoms with E-state index in [1.54, 1.807) is 53.6 Å². The Hall–Kier alpha value is -2.73. The zero-order valence-electron chi connectivity index (χ0n) is 10.8. The molecule has 1 amide bonds. The number of halogens is 1. The number of hydrogen-bond donors (Lipinski definition) is 1. The van der Waals surface area contributed by atoms with Crippen LogP contribution in [0.15, 0.2) is 55.4 Å². The maximum Gasteiger partial charge on any atom is 0.256 e. The van der Waals surface area contributed by atoms with Gasteiger partial charge in [0.2, 0.25) is 0 Å². The van der Waals surface area contributed by atoms with Gasteiger partial charge in [-0.1, -0.05) is 17.7 Å². The number of imidazole rings is 1. The molecule has 0 unspecified atom stereocenters. The molecular weight excluding hydrogens is 290 g/mol. The van der Waals surface area contributed by atoms with E-state index in [1.807, 2.05) is 0 Å². The van der Waals surface area contributed by atoms with Crippen molar-refractivity contribution < 1.29 is 4.79 Å². The zero-order chi connectivity index (χ0) is 14.7. The van der Waals surface area contributed by atoms with E-state index in [4.69, 9.17) is 11.6 Å². The van der Waals surface area contributed by atoms with E-state index in [2.05, 4.69) is 20.3 Å². The van der Waals surface area contributed by atoms with E-state index in [0.717, 1.165) is 0 Å². The van der Waals surface area contributed by atoms with Crippen LogP contribution in [0.2, 0.25) is 5.02 Å². The zero-order valence-corrected chi connectivity index (χ0v) is 11.5. The highest BCUT2D eigenvalue weighted by molar-refractivity contribution is 6.31. The number of aromatic nitrogens is 4. The molecule has 104 valence electrons. The smallest absolute Gasteiger partial charge is 0.256 e. The Balaban J connectivity index is 1.82. The molecule has 1 N–H and O–H groups in total. The van der Waals surface area contributed by atoms with Crippen LogP contribution in [-0.4, -0.2) is 25.4 Å². The quantitative estimate of drug-likeness (QED) is 0.806. The number of rotatable bonds is 3. The van der Waals surface area contributed by atoms with Gasteiger partial charge in [-0.2, -0.15) is 0 Å². The second-order valence-corrected chi connectivity index (χ2v) is 4.63. The summed E-state index contributed by atoms with van der Waals surface area (Å²) in [6, 6.07) is 8.35. The molecule has 0 bridgehead atoms. The Morgan fingerprint density at radius 3 is 2.90 bits per heavy atom. The van der Waals surface area contributed by atoms with E-state index >= 15 is 0 Å². The molecule has 0 atom stereocenters. The number of nitrogens with one attached hydrogen (secondary N) is 1. The van der Waals surface area contributed by atoms with Gasteiger partial charge >= 0.3 is 0 Å². The summed E-state index contributed by atoms with van der Waals surface area (Å²) in [5.74, 6) is 0.732. The lowest BCUT2D eigenvalue weighted by atomic mass is 10.2. The minimum Gasteiger partial charge on any atom is -0.306 e. The van der Waals surface area contributed by atoms with Gasteiger partial charge in [0.25, 0.3) is 5.91 Å². The minimum atomic E-state index is -0.284. The Morgan fingerprint density at radius 2 is 2.14 bits per heavy atom. The number of benzene rings is 1. The molecule has 21 heavy (non-hydrogen) atoms. The van der Waals surface area contributed by atoms with Crippen LogP contribution in [0.3, 0.4) is 0 Å². The van der Waals surface area contributed by atoms with E-state index in [-0.39, 0.29) is 5.91 Å². The summed E-state index contributed by atoms with van der Waals surface area (Å²) in [5.41, 5.74) is 0.463. The molecular formula is C14H10ClN5O. The maximum atomic E-state index is 12.1. The monoisotopic (exact) mass is 299 g/mol. The molecule has 0 spiro atoms. The third-order valence-electron chi connectivity index (χ3n) is 2.75. The summed E-state index contributed by atoms with van der Waals surface area (Å²) in [7, 11) is 0. The number of nitrogens with zero attached hydrogens (tertiary/aromatic N) is 4. The van der Waals surface area contributed by atoms with Gasteiger partial charge in [0, 0.05) is 29.0 Å². The molecule has 3 rings (SSSR count). The predicted molar refractivity (Wildman–Crippen MR) is 78.6 cm³/mol. The number of carbonyl (C=O) groups is 1. The lowest BCUT2D eigenvalue weighted by Crippen LogP contribution is -2.13. The largest absolute Gasteiger partial charge is 0.306 e. The molecule has 0 fully saturated rings. The highest BCUT2D eigenvalue weighted by Gasteiger charge is 2.08. The van der Waals surface area contributed by atoms with Crippen molar-refractivity contribution in [1.82, 2.24) is 19.5 Å². The van der Waals surface area contributed by atoms with E-state index in [0.29, 0.717) is 22.2 Å². The fourth-order valence-corrected chi connectivity index (χ4v) is 1.96. The highest BCUT2D eigenvalue weighted by Crippen LogP contribution is 2.13. The molecule has 0 radical (unpaired) electrons. The van der Waals surface area contributed by atoms with Crippen molar-refractivity contribution in [3.63, 3.8) is 0 Å². The van der Waals surface area contributed by atoms with Crippen molar-refractivity contribution in [3.8, 4) is 5.82 Å². The molecule has 6 nitrogen and oxygen atoms in total. The topological polar surface area (TPSA) is 72.7 Å². The van der Waals surface area contributed by atoms with Gasteiger partial charge in [-0.3, -0.25) is 9.36 Å². The molecule has 0 aliphatic carbocycles. The summed E-state index contributed by atoms with van der Waals surface area (Å²) in [4.78, 5) is 24.2. The van der Waals surface area contributed by atoms with E-state index in [9.17, 15) is 4.79 Å². The number of amides is 1. The van der Waals surface area contributed by atoms with Crippen molar-refractivity contribution in [2.45, 2.75) is 0 Å². The number of anilines is 1. The van der Waals surface area contributed by atoms with Gasteiger partial charge in [-0.25, -0.2) is 15.0 Å². The van der Waals surface area contributed by atoms with Crippen molar-refractivity contribution >= 4 is 23.3 Å². The summed E-state index contributed by atoms with van der Waals surface area (Å²) in [5, 5.41) is 3.21. The number of hydrogen-bond acceptors (Lipinski definition) is 4. The van der Waals surface area contributed by atoms with Gasteiger partial charge in [-0.05, 0) is 18.2 Å². The van der Waals surface area contributed by atoms with Crippen LogP contribution in [0.5, 0.6) is 0 Å². The third-order valence-corrected chi connectivity index (χ3v) is 2.99. The van der Waals surface area contributed by atoms with Crippen LogP contribution in [-0.2, 0) is 0 Å². The van der Waals surface area contributed by atoms with Gasteiger partial charge < -0.3 is 5.32 Å². The molecule has 0 saturated heterocycles. The van der Waals surface area contributed by atoms with E-state index < -0.39 is 0 Å². The Morgan fingerprint density at radius 1 is 1.24 bits per heavy atom. The normalized spacial score (nSPS) is 10.3. The molecule has 3 aromatic rings. The first kappa shape index (κ1) is 13.3. The summed E-state index contributed by atoms with van der Waals surface area (Å²) >= 11 is 5.87. The summed E-state index contributed by atoms with van der Waals surface area (Å²) in [6.45, 7) is 0. The summed E-state index contributed by atoms with van der Waals surface area (Å²) in [6.07, 6.45) is 6.39. The van der Waals surface area contributed by atoms with Gasteiger partial charge in [-0.15, -0.1) is 0 Å². The highest BCUT2D eigenvalue weighted by atomic mass is 35.5. The fourth-order valence-electron chi connectivity index (χ4n) is 1.77.